The van der Waals surface area contributed by atoms with Gasteiger partial charge in [0.15, 0.2) is 0 Å². The highest BCUT2D eigenvalue weighted by molar-refractivity contribution is 6.38. The Balaban J connectivity index is 2.00. The minimum Gasteiger partial charge on any atom is -0.490 e. The minimum absolute atomic E-state index is 0.0503. The molecule has 0 unspecified atom stereocenters. The molecule has 5 N–H and O–H groups in total. The van der Waals surface area contributed by atoms with E-state index in [0.717, 1.165) is 4.90 Å². The Morgan fingerprint density at radius 2 is 1.91 bits per heavy atom. The van der Waals surface area contributed by atoms with Gasteiger partial charge in [-0.05, 0) is 48.9 Å². The predicted octanol–water partition coefficient (Wildman–Crippen LogP) is 4.95. The lowest BCUT2D eigenvalue weighted by molar-refractivity contribution is 0.0833. The van der Waals surface area contributed by atoms with Gasteiger partial charge in [-0.25, -0.2) is 4.79 Å². The number of nitrogens with two attached hydrogens (primary N) is 1. The molecular formula is C23H21Cl2N5O5. The Kier molecular flexibility index (Phi) is 8.00. The SMILES string of the molecule is C=CCOc1ccc(-c2noc(C)c2C(=O)N(Cc2cc(Cl)c(N)c(Cl)c2)C(=N)NC(=O)O)cc1. The van der Waals surface area contributed by atoms with Gasteiger partial charge in [-0.2, -0.15) is 0 Å². The van der Waals surface area contributed by atoms with E-state index in [1.54, 1.807) is 30.3 Å². The summed E-state index contributed by atoms with van der Waals surface area (Å²) >= 11 is 12.2. The molecule has 0 spiro atoms. The van der Waals surface area contributed by atoms with Crippen molar-refractivity contribution >= 4 is 46.8 Å². The second kappa shape index (κ2) is 10.9. The molecule has 1 aromatic heterocycles. The molecule has 2 aromatic carbocycles. The van der Waals surface area contributed by atoms with Crippen LogP contribution in [0.3, 0.4) is 0 Å². The molecule has 0 atom stereocenters. The number of hydrogen-bond donors (Lipinski definition) is 4. The molecular weight excluding hydrogens is 497 g/mol. The number of ether oxygens (including phenoxy) is 1. The third-order valence-corrected chi connectivity index (χ3v) is 5.42. The van der Waals surface area contributed by atoms with Gasteiger partial charge < -0.3 is 20.1 Å². The summed E-state index contributed by atoms with van der Waals surface area (Å²) in [6, 6.07) is 9.72. The van der Waals surface area contributed by atoms with Gasteiger partial charge in [0.25, 0.3) is 5.91 Å². The van der Waals surface area contributed by atoms with Crippen LogP contribution in [0.4, 0.5) is 10.5 Å². The number of aromatic nitrogens is 1. The third kappa shape index (κ3) is 5.92. The first-order valence-corrected chi connectivity index (χ1v) is 10.8. The van der Waals surface area contributed by atoms with Gasteiger partial charge in [0.1, 0.15) is 29.4 Å². The van der Waals surface area contributed by atoms with Crippen LogP contribution in [0.2, 0.25) is 10.0 Å². The molecule has 3 aromatic rings. The van der Waals surface area contributed by atoms with Crippen LogP contribution in [0.25, 0.3) is 11.3 Å². The summed E-state index contributed by atoms with van der Waals surface area (Å²) in [6.45, 7) is 5.23. The van der Waals surface area contributed by atoms with Crippen molar-refractivity contribution in [3.8, 4) is 17.0 Å². The van der Waals surface area contributed by atoms with Gasteiger partial charge in [0.05, 0.1) is 22.3 Å². The van der Waals surface area contributed by atoms with E-state index >= 15 is 0 Å². The number of benzene rings is 2. The van der Waals surface area contributed by atoms with Gasteiger partial charge in [0.2, 0.25) is 5.96 Å². The van der Waals surface area contributed by atoms with E-state index in [1.807, 2.05) is 5.32 Å². The summed E-state index contributed by atoms with van der Waals surface area (Å²) in [7, 11) is 0. The fourth-order valence-electron chi connectivity index (χ4n) is 3.15. The van der Waals surface area contributed by atoms with Crippen molar-refractivity contribution in [2.45, 2.75) is 13.5 Å². The largest absolute Gasteiger partial charge is 0.490 e. The van der Waals surface area contributed by atoms with Crippen LogP contribution in [0.5, 0.6) is 5.75 Å². The molecule has 0 fully saturated rings. The quantitative estimate of drug-likeness (QED) is 0.149. The fraction of sp³-hybridized carbons (Fsp3) is 0.130. The van der Waals surface area contributed by atoms with E-state index in [0.29, 0.717) is 23.5 Å². The van der Waals surface area contributed by atoms with E-state index in [2.05, 4.69) is 11.7 Å². The molecule has 35 heavy (non-hydrogen) atoms. The number of rotatable bonds is 7. The summed E-state index contributed by atoms with van der Waals surface area (Å²) < 4.78 is 10.7. The Morgan fingerprint density at radius 3 is 2.49 bits per heavy atom. The van der Waals surface area contributed by atoms with E-state index in [4.69, 9.17) is 48.7 Å². The first kappa shape index (κ1) is 25.6. The number of carbonyl (C=O) groups excluding carboxylic acids is 1. The van der Waals surface area contributed by atoms with Crippen LogP contribution in [0.1, 0.15) is 21.7 Å². The number of guanidine groups is 1. The molecule has 0 radical (unpaired) electrons. The standard InChI is InChI=1S/C23H21Cl2N5O5/c1-3-8-34-15-6-4-14(5-7-15)20-18(12(2)35-29-20)21(31)30(22(27)28-23(32)33)11-13-9-16(24)19(26)17(25)10-13/h3-7,9-10H,1,8,11,26H2,2H3,(H2,27,28)(H,32,33). The Hall–Kier alpha value is -4.02. The average Bonchev–Trinajstić information content (AvgIpc) is 3.20. The lowest BCUT2D eigenvalue weighted by Gasteiger charge is -2.23. The van der Waals surface area contributed by atoms with E-state index in [1.165, 1.54) is 19.1 Å². The second-order valence-corrected chi connectivity index (χ2v) is 8.04. The highest BCUT2D eigenvalue weighted by Gasteiger charge is 2.29. The molecule has 0 aliphatic heterocycles. The van der Waals surface area contributed by atoms with Crippen LogP contribution in [-0.2, 0) is 6.54 Å². The van der Waals surface area contributed by atoms with Gasteiger partial charge >= 0.3 is 6.09 Å². The molecule has 0 saturated heterocycles. The smallest absolute Gasteiger partial charge is 0.411 e. The minimum atomic E-state index is -1.52. The number of nitrogens with one attached hydrogen (secondary N) is 2. The maximum Gasteiger partial charge on any atom is 0.411 e. The average molecular weight is 518 g/mol. The molecule has 1 heterocycles. The molecule has 12 heteroatoms. The van der Waals surface area contributed by atoms with E-state index in [9.17, 15) is 9.59 Å². The molecule has 0 aliphatic carbocycles. The molecule has 182 valence electrons. The summed E-state index contributed by atoms with van der Waals surface area (Å²) in [5, 5.41) is 23.5. The van der Waals surface area contributed by atoms with Crippen LogP contribution in [-0.4, -0.2) is 39.7 Å². The number of anilines is 1. The summed E-state index contributed by atoms with van der Waals surface area (Å²) in [5.41, 5.74) is 7.16. The summed E-state index contributed by atoms with van der Waals surface area (Å²) in [4.78, 5) is 25.7. The second-order valence-electron chi connectivity index (χ2n) is 7.23. The third-order valence-electron chi connectivity index (χ3n) is 4.79. The highest BCUT2D eigenvalue weighted by Crippen LogP contribution is 2.31. The zero-order valence-electron chi connectivity index (χ0n) is 18.5. The lowest BCUT2D eigenvalue weighted by atomic mass is 10.0. The molecule has 0 saturated carbocycles. The predicted molar refractivity (Wildman–Crippen MR) is 132 cm³/mol. The number of aryl methyl sites for hydroxylation is 1. The maximum atomic E-state index is 13.6. The number of halogens is 2. The van der Waals surface area contributed by atoms with Crippen molar-refractivity contribution in [1.29, 1.82) is 5.41 Å². The normalized spacial score (nSPS) is 10.5. The van der Waals surface area contributed by atoms with Gasteiger partial charge in [-0.15, -0.1) is 0 Å². The number of nitrogen functional groups attached to an aromatic ring is 1. The van der Waals surface area contributed by atoms with Crippen LogP contribution >= 0.6 is 23.2 Å². The van der Waals surface area contributed by atoms with E-state index < -0.39 is 18.0 Å². The van der Waals surface area contributed by atoms with Crippen molar-refractivity contribution < 1.29 is 24.0 Å². The zero-order chi connectivity index (χ0) is 25.7. The topological polar surface area (TPSA) is 155 Å². The van der Waals surface area contributed by atoms with Gasteiger partial charge in [-0.1, -0.05) is 41.0 Å². The Labute approximate surface area is 210 Å². The number of carbonyl (C=O) groups is 2. The molecule has 0 aliphatic rings. The zero-order valence-corrected chi connectivity index (χ0v) is 20.0. The monoisotopic (exact) mass is 517 g/mol. The Bertz CT molecular complexity index is 1270. The molecule has 10 nitrogen and oxygen atoms in total. The van der Waals surface area contributed by atoms with Crippen molar-refractivity contribution in [2.24, 2.45) is 0 Å². The van der Waals surface area contributed by atoms with Crippen molar-refractivity contribution in [2.75, 3.05) is 12.3 Å². The number of hydrogen-bond acceptors (Lipinski definition) is 7. The maximum absolute atomic E-state index is 13.6. The molecule has 3 rings (SSSR count). The fourth-order valence-corrected chi connectivity index (χ4v) is 3.68. The Morgan fingerprint density at radius 1 is 1.29 bits per heavy atom. The number of carboxylic acid groups (broad SMARTS) is 1. The summed E-state index contributed by atoms with van der Waals surface area (Å²) in [5.74, 6) is -0.647. The van der Waals surface area contributed by atoms with Gasteiger partial charge in [-0.3, -0.25) is 20.4 Å². The van der Waals surface area contributed by atoms with Crippen molar-refractivity contribution in [1.82, 2.24) is 15.4 Å². The summed E-state index contributed by atoms with van der Waals surface area (Å²) in [6.07, 6.45) is 0.0977. The molecule has 0 bridgehead atoms. The highest BCUT2D eigenvalue weighted by atomic mass is 35.5. The first-order valence-electron chi connectivity index (χ1n) is 10.1. The van der Waals surface area contributed by atoms with Crippen LogP contribution in [0, 0.1) is 12.3 Å². The van der Waals surface area contributed by atoms with Crippen LogP contribution < -0.4 is 15.8 Å². The van der Waals surface area contributed by atoms with Gasteiger partial charge in [0, 0.05) is 5.56 Å². The first-order chi connectivity index (χ1) is 16.6. The van der Waals surface area contributed by atoms with Crippen molar-refractivity contribution in [3.63, 3.8) is 0 Å². The van der Waals surface area contributed by atoms with E-state index in [-0.39, 0.29) is 39.3 Å². The molecule has 2 amide bonds. The number of amides is 2. The lowest BCUT2D eigenvalue weighted by Crippen LogP contribution is -2.46. The van der Waals surface area contributed by atoms with Crippen LogP contribution in [0.15, 0.2) is 53.6 Å². The van der Waals surface area contributed by atoms with Crippen molar-refractivity contribution in [3.05, 3.63) is 76.0 Å². The number of nitrogens with zero attached hydrogens (tertiary/aromatic N) is 2.